The van der Waals surface area contributed by atoms with E-state index in [-0.39, 0.29) is 6.92 Å². The summed E-state index contributed by atoms with van der Waals surface area (Å²) in [6.45, 7) is 1.35. The van der Waals surface area contributed by atoms with Crippen molar-refractivity contribution in [3.63, 3.8) is 0 Å². The molecule has 1 aliphatic rings. The molecule has 1 fully saturated rings. The van der Waals surface area contributed by atoms with Crippen molar-refractivity contribution in [2.24, 2.45) is 0 Å². The van der Waals surface area contributed by atoms with Crippen LogP contribution in [0.4, 0.5) is 26.3 Å². The minimum atomic E-state index is -5.14. The highest BCUT2D eigenvalue weighted by molar-refractivity contribution is 5.03. The Labute approximate surface area is 82.4 Å². The van der Waals surface area contributed by atoms with Crippen LogP contribution in [0.1, 0.15) is 26.7 Å². The fourth-order valence-electron chi connectivity index (χ4n) is 1.44. The van der Waals surface area contributed by atoms with Crippen LogP contribution in [0.25, 0.3) is 0 Å². The number of ether oxygens (including phenoxy) is 1. The van der Waals surface area contributed by atoms with Crippen molar-refractivity contribution in [1.29, 1.82) is 0 Å². The van der Waals surface area contributed by atoms with E-state index < -0.39 is 36.4 Å². The fraction of sp³-hybridized carbons (Fsp3) is 1.00. The molecular formula is C8H10F6O. The van der Waals surface area contributed by atoms with Crippen LogP contribution in [0.3, 0.4) is 0 Å². The van der Waals surface area contributed by atoms with Gasteiger partial charge in [-0.1, -0.05) is 6.92 Å². The van der Waals surface area contributed by atoms with Gasteiger partial charge in [-0.15, -0.1) is 0 Å². The van der Waals surface area contributed by atoms with Gasteiger partial charge in [0.05, 0.1) is 0 Å². The maximum Gasteiger partial charge on any atom is 0.425 e. The van der Waals surface area contributed by atoms with Gasteiger partial charge in [0.2, 0.25) is 5.85 Å². The highest BCUT2D eigenvalue weighted by atomic mass is 19.3. The molecule has 0 amide bonds. The van der Waals surface area contributed by atoms with Crippen LogP contribution in [-0.4, -0.2) is 23.6 Å². The lowest BCUT2D eigenvalue weighted by Crippen LogP contribution is -2.65. The average Bonchev–Trinajstić information content (AvgIpc) is 1.99. The van der Waals surface area contributed by atoms with Gasteiger partial charge >= 0.3 is 12.0 Å². The quantitative estimate of drug-likeness (QED) is 0.633. The van der Waals surface area contributed by atoms with Crippen molar-refractivity contribution >= 4 is 0 Å². The minimum absolute atomic E-state index is 0.243. The molecular weight excluding hydrogens is 226 g/mol. The van der Waals surface area contributed by atoms with Crippen molar-refractivity contribution in [1.82, 2.24) is 0 Å². The molecule has 1 rings (SSSR count). The second-order valence-corrected chi connectivity index (χ2v) is 3.80. The summed E-state index contributed by atoms with van der Waals surface area (Å²) in [7, 11) is 0. The van der Waals surface area contributed by atoms with Crippen LogP contribution >= 0.6 is 0 Å². The zero-order valence-electron chi connectivity index (χ0n) is 8.09. The van der Waals surface area contributed by atoms with E-state index in [2.05, 4.69) is 4.74 Å². The summed E-state index contributed by atoms with van der Waals surface area (Å²) in [5, 5.41) is 0. The van der Waals surface area contributed by atoms with E-state index in [1.54, 1.807) is 0 Å². The summed E-state index contributed by atoms with van der Waals surface area (Å²) in [6.07, 6.45) is -7.18. The van der Waals surface area contributed by atoms with Crippen molar-refractivity contribution in [2.75, 3.05) is 0 Å². The van der Waals surface area contributed by atoms with Crippen LogP contribution in [0.2, 0.25) is 0 Å². The van der Waals surface area contributed by atoms with Gasteiger partial charge in [0.25, 0.3) is 0 Å². The SMILES string of the molecule is CCC1(F)CC(C)(F)C(F)(F)C(F)(F)O1. The predicted octanol–water partition coefficient (Wildman–Crippen LogP) is 3.44. The topological polar surface area (TPSA) is 9.23 Å². The van der Waals surface area contributed by atoms with Crippen molar-refractivity contribution in [3.8, 4) is 0 Å². The summed E-state index contributed by atoms with van der Waals surface area (Å²) in [5.74, 6) is -8.10. The van der Waals surface area contributed by atoms with E-state index in [0.717, 1.165) is 6.92 Å². The molecule has 0 aromatic carbocycles. The second kappa shape index (κ2) is 3.02. The predicted molar refractivity (Wildman–Crippen MR) is 39.2 cm³/mol. The van der Waals surface area contributed by atoms with E-state index >= 15 is 0 Å². The summed E-state index contributed by atoms with van der Waals surface area (Å²) < 4.78 is 81.1. The summed E-state index contributed by atoms with van der Waals surface area (Å²) in [5.41, 5.74) is -3.64. The van der Waals surface area contributed by atoms with Crippen LogP contribution in [0.15, 0.2) is 0 Å². The molecule has 1 heterocycles. The molecule has 0 N–H and O–H groups in total. The third-order valence-electron chi connectivity index (χ3n) is 2.46. The Bertz CT molecular complexity index is 242. The monoisotopic (exact) mass is 236 g/mol. The highest BCUT2D eigenvalue weighted by Gasteiger charge is 2.76. The van der Waals surface area contributed by atoms with Crippen molar-refractivity contribution in [3.05, 3.63) is 0 Å². The Morgan fingerprint density at radius 2 is 1.53 bits per heavy atom. The normalized spacial score (nSPS) is 44.0. The Balaban J connectivity index is 3.13. The molecule has 2 unspecified atom stereocenters. The number of halogens is 6. The number of alkyl halides is 6. The number of rotatable bonds is 1. The van der Waals surface area contributed by atoms with E-state index in [0.29, 0.717) is 0 Å². The molecule has 1 saturated heterocycles. The van der Waals surface area contributed by atoms with Crippen molar-refractivity contribution < 1.29 is 31.1 Å². The first-order chi connectivity index (χ1) is 6.47. The highest BCUT2D eigenvalue weighted by Crippen LogP contribution is 2.55. The first-order valence-corrected chi connectivity index (χ1v) is 4.31. The van der Waals surface area contributed by atoms with E-state index in [1.807, 2.05) is 0 Å². The maximum atomic E-state index is 13.4. The van der Waals surface area contributed by atoms with Gasteiger partial charge in [-0.3, -0.25) is 4.74 Å². The zero-order valence-corrected chi connectivity index (χ0v) is 8.09. The molecule has 1 nitrogen and oxygen atoms in total. The van der Waals surface area contributed by atoms with Crippen LogP contribution in [0, 0.1) is 0 Å². The smallest absolute Gasteiger partial charge is 0.278 e. The van der Waals surface area contributed by atoms with Gasteiger partial charge < -0.3 is 0 Å². The minimum Gasteiger partial charge on any atom is -0.278 e. The first kappa shape index (κ1) is 12.6. The third kappa shape index (κ3) is 1.70. The summed E-state index contributed by atoms with van der Waals surface area (Å²) >= 11 is 0. The van der Waals surface area contributed by atoms with Crippen LogP contribution in [-0.2, 0) is 4.74 Å². The van der Waals surface area contributed by atoms with E-state index in [4.69, 9.17) is 0 Å². The Hall–Kier alpha value is -0.460. The standard InChI is InChI=1S/C8H10F6O/c1-3-6(10)4-5(2,9)7(11,12)8(13,14)15-6/h3-4H2,1-2H3. The zero-order chi connectivity index (χ0) is 12.1. The van der Waals surface area contributed by atoms with Gasteiger partial charge in [-0.2, -0.15) is 17.6 Å². The second-order valence-electron chi connectivity index (χ2n) is 3.80. The van der Waals surface area contributed by atoms with Crippen molar-refractivity contribution in [2.45, 2.75) is 50.2 Å². The van der Waals surface area contributed by atoms with Gasteiger partial charge in [0, 0.05) is 12.8 Å². The van der Waals surface area contributed by atoms with Gasteiger partial charge in [0.1, 0.15) is 0 Å². The molecule has 0 bridgehead atoms. The summed E-state index contributed by atoms with van der Waals surface area (Å²) in [6, 6.07) is 0. The van der Waals surface area contributed by atoms with Gasteiger partial charge in [0.15, 0.2) is 5.67 Å². The number of hydrogen-bond acceptors (Lipinski definition) is 1. The maximum absolute atomic E-state index is 13.4. The molecule has 0 aromatic heterocycles. The van der Waals surface area contributed by atoms with Crippen LogP contribution in [0.5, 0.6) is 0 Å². The average molecular weight is 236 g/mol. The molecule has 0 radical (unpaired) electrons. The van der Waals surface area contributed by atoms with Gasteiger partial charge in [-0.05, 0) is 6.92 Å². The molecule has 0 aromatic rings. The van der Waals surface area contributed by atoms with Crippen LogP contribution < -0.4 is 0 Å². The van der Waals surface area contributed by atoms with E-state index in [9.17, 15) is 26.3 Å². The molecule has 90 valence electrons. The van der Waals surface area contributed by atoms with Gasteiger partial charge in [-0.25, -0.2) is 8.78 Å². The Morgan fingerprint density at radius 3 is 1.87 bits per heavy atom. The molecule has 0 spiro atoms. The largest absolute Gasteiger partial charge is 0.425 e. The number of hydrogen-bond donors (Lipinski definition) is 0. The lowest BCUT2D eigenvalue weighted by atomic mass is 9.87. The lowest BCUT2D eigenvalue weighted by molar-refractivity contribution is -0.459. The fourth-order valence-corrected chi connectivity index (χ4v) is 1.44. The molecule has 0 aliphatic carbocycles. The third-order valence-corrected chi connectivity index (χ3v) is 2.46. The molecule has 0 saturated carbocycles. The molecule has 2 atom stereocenters. The first-order valence-electron chi connectivity index (χ1n) is 4.31. The Morgan fingerprint density at radius 1 is 1.07 bits per heavy atom. The van der Waals surface area contributed by atoms with E-state index in [1.165, 1.54) is 0 Å². The molecule has 1 aliphatic heterocycles. The molecule has 15 heavy (non-hydrogen) atoms. The lowest BCUT2D eigenvalue weighted by Gasteiger charge is -2.45. The molecule has 7 heteroatoms. The summed E-state index contributed by atoms with van der Waals surface area (Å²) in [4.78, 5) is 0. The Kier molecular flexibility index (Phi) is 2.54.